The van der Waals surface area contributed by atoms with Gasteiger partial charge in [-0.3, -0.25) is 9.48 Å². The zero-order chi connectivity index (χ0) is 16.1. The smallest absolute Gasteiger partial charge is 0.272 e. The Bertz CT molecular complexity index is 496. The van der Waals surface area contributed by atoms with E-state index < -0.39 is 0 Å². The molecule has 1 aliphatic heterocycles. The van der Waals surface area contributed by atoms with Crippen molar-refractivity contribution < 1.29 is 4.79 Å². The molecule has 1 amide bonds. The van der Waals surface area contributed by atoms with Crippen LogP contribution in [0.3, 0.4) is 0 Å². The first-order valence-corrected chi connectivity index (χ1v) is 9.79. The van der Waals surface area contributed by atoms with Crippen LogP contribution in [0.25, 0.3) is 0 Å². The lowest BCUT2D eigenvalue weighted by molar-refractivity contribution is 0.0673. The number of aryl methyl sites for hydroxylation is 1. The number of rotatable bonds is 6. The fraction of sp³-hybridized carbons (Fsp3) is 0.765. The lowest BCUT2D eigenvalue weighted by Gasteiger charge is -2.32. The van der Waals surface area contributed by atoms with Crippen molar-refractivity contribution in [3.05, 3.63) is 17.5 Å². The quantitative estimate of drug-likeness (QED) is 0.806. The maximum Gasteiger partial charge on any atom is 0.272 e. The first-order valence-electron chi connectivity index (χ1n) is 8.40. The summed E-state index contributed by atoms with van der Waals surface area (Å²) in [6.45, 7) is 8.96. The van der Waals surface area contributed by atoms with Crippen LogP contribution in [0.5, 0.6) is 0 Å². The van der Waals surface area contributed by atoms with Crippen LogP contribution in [0.1, 0.15) is 49.8 Å². The van der Waals surface area contributed by atoms with Crippen molar-refractivity contribution in [2.45, 2.75) is 46.6 Å². The van der Waals surface area contributed by atoms with E-state index in [0.29, 0.717) is 11.8 Å². The molecule has 1 fully saturated rings. The van der Waals surface area contributed by atoms with Gasteiger partial charge in [0.1, 0.15) is 5.69 Å². The average Bonchev–Trinajstić information content (AvgIpc) is 2.89. The summed E-state index contributed by atoms with van der Waals surface area (Å²) < 4.78 is 1.87. The van der Waals surface area contributed by atoms with Crippen molar-refractivity contribution in [3.63, 3.8) is 0 Å². The topological polar surface area (TPSA) is 38.1 Å². The summed E-state index contributed by atoms with van der Waals surface area (Å²) in [5.41, 5.74) is 1.81. The van der Waals surface area contributed by atoms with Crippen molar-refractivity contribution in [2.75, 3.05) is 25.1 Å². The molecule has 2 heterocycles. The molecule has 1 atom stereocenters. The second-order valence-electron chi connectivity index (χ2n) is 6.65. The highest BCUT2D eigenvalue weighted by molar-refractivity contribution is 7.98. The third kappa shape index (κ3) is 4.28. The first-order chi connectivity index (χ1) is 10.5. The summed E-state index contributed by atoms with van der Waals surface area (Å²) in [6.07, 6.45) is 5.44. The van der Waals surface area contributed by atoms with Gasteiger partial charge in [0.25, 0.3) is 5.91 Å². The fourth-order valence-electron chi connectivity index (χ4n) is 3.18. The van der Waals surface area contributed by atoms with Crippen LogP contribution in [-0.4, -0.2) is 45.7 Å². The van der Waals surface area contributed by atoms with Crippen LogP contribution in [0.4, 0.5) is 0 Å². The van der Waals surface area contributed by atoms with Crippen LogP contribution in [-0.2, 0) is 13.0 Å². The second-order valence-corrected chi connectivity index (χ2v) is 7.56. The molecular weight excluding hydrogens is 294 g/mol. The molecule has 0 aromatic carbocycles. The molecule has 1 aliphatic rings. The summed E-state index contributed by atoms with van der Waals surface area (Å²) in [4.78, 5) is 14.9. The highest BCUT2D eigenvalue weighted by atomic mass is 32.2. The van der Waals surface area contributed by atoms with Gasteiger partial charge < -0.3 is 4.90 Å². The number of hydrogen-bond donors (Lipinski definition) is 0. The molecule has 0 spiro atoms. The van der Waals surface area contributed by atoms with Crippen molar-refractivity contribution >= 4 is 17.7 Å². The van der Waals surface area contributed by atoms with Crippen LogP contribution in [0.15, 0.2) is 6.07 Å². The molecule has 0 radical (unpaired) electrons. The molecule has 124 valence electrons. The number of carbonyl (C=O) groups excluding carboxylic acids is 1. The van der Waals surface area contributed by atoms with E-state index in [4.69, 9.17) is 0 Å². The lowest BCUT2D eigenvalue weighted by atomic mass is 9.99. The standard InChI is InChI=1S/C17H29N3OS/c1-5-20-16(10-15(18-20)9-13(2)3)17(21)19-8-6-7-14(11-19)12-22-4/h10,13-14H,5-9,11-12H2,1-4H3. The van der Waals surface area contributed by atoms with E-state index in [-0.39, 0.29) is 5.91 Å². The Kier molecular flexibility index (Phi) is 6.36. The normalized spacial score (nSPS) is 19.0. The van der Waals surface area contributed by atoms with E-state index in [1.54, 1.807) is 0 Å². The highest BCUT2D eigenvalue weighted by Gasteiger charge is 2.26. The second kappa shape index (κ2) is 8.04. The molecule has 1 unspecified atom stereocenters. The van der Waals surface area contributed by atoms with Crippen LogP contribution in [0.2, 0.25) is 0 Å². The molecule has 0 aliphatic carbocycles. The Balaban J connectivity index is 2.12. The monoisotopic (exact) mass is 323 g/mol. The third-order valence-electron chi connectivity index (χ3n) is 4.18. The minimum absolute atomic E-state index is 0.162. The Hall–Kier alpha value is -0.970. The van der Waals surface area contributed by atoms with Gasteiger partial charge in [-0.25, -0.2) is 0 Å². The summed E-state index contributed by atoms with van der Waals surface area (Å²) in [5, 5.41) is 4.61. The lowest BCUT2D eigenvalue weighted by Crippen LogP contribution is -2.41. The molecule has 0 N–H and O–H groups in total. The van der Waals surface area contributed by atoms with Gasteiger partial charge in [-0.1, -0.05) is 13.8 Å². The van der Waals surface area contributed by atoms with Crippen LogP contribution < -0.4 is 0 Å². The van der Waals surface area contributed by atoms with E-state index in [1.807, 2.05) is 27.4 Å². The summed E-state index contributed by atoms with van der Waals surface area (Å²) >= 11 is 1.88. The Labute approximate surface area is 138 Å². The average molecular weight is 324 g/mol. The Morgan fingerprint density at radius 3 is 2.91 bits per heavy atom. The van der Waals surface area contributed by atoms with Crippen molar-refractivity contribution in [3.8, 4) is 0 Å². The van der Waals surface area contributed by atoms with Crippen molar-refractivity contribution in [2.24, 2.45) is 11.8 Å². The summed E-state index contributed by atoms with van der Waals surface area (Å²) in [7, 11) is 0. The van der Waals surface area contributed by atoms with Gasteiger partial charge in [0.2, 0.25) is 0 Å². The minimum Gasteiger partial charge on any atom is -0.337 e. The first kappa shape index (κ1) is 17.4. The molecular formula is C17H29N3OS. The van der Waals surface area contributed by atoms with E-state index in [0.717, 1.165) is 49.6 Å². The maximum atomic E-state index is 12.9. The number of hydrogen-bond acceptors (Lipinski definition) is 3. The van der Waals surface area contributed by atoms with Gasteiger partial charge in [0, 0.05) is 19.6 Å². The Morgan fingerprint density at radius 2 is 2.27 bits per heavy atom. The minimum atomic E-state index is 0.162. The SMILES string of the molecule is CCn1nc(CC(C)C)cc1C(=O)N1CCCC(CSC)C1. The molecule has 4 nitrogen and oxygen atoms in total. The fourth-order valence-corrected chi connectivity index (χ4v) is 3.93. The predicted molar refractivity (Wildman–Crippen MR) is 93.5 cm³/mol. The van der Waals surface area contributed by atoms with Crippen molar-refractivity contribution in [1.29, 1.82) is 0 Å². The van der Waals surface area contributed by atoms with Crippen molar-refractivity contribution in [1.82, 2.24) is 14.7 Å². The van der Waals surface area contributed by atoms with Gasteiger partial charge in [0.05, 0.1) is 5.69 Å². The molecule has 0 bridgehead atoms. The van der Waals surface area contributed by atoms with E-state index >= 15 is 0 Å². The molecule has 5 heteroatoms. The zero-order valence-electron chi connectivity index (χ0n) is 14.3. The van der Waals surface area contributed by atoms with Gasteiger partial charge in [-0.2, -0.15) is 16.9 Å². The molecule has 2 rings (SSSR count). The number of thioether (sulfide) groups is 1. The van der Waals surface area contributed by atoms with E-state index in [1.165, 1.54) is 6.42 Å². The highest BCUT2D eigenvalue weighted by Crippen LogP contribution is 2.22. The third-order valence-corrected chi connectivity index (χ3v) is 4.98. The number of nitrogens with zero attached hydrogens (tertiary/aromatic N) is 3. The van der Waals surface area contributed by atoms with Gasteiger partial charge >= 0.3 is 0 Å². The summed E-state index contributed by atoms with van der Waals surface area (Å²) in [6, 6.07) is 2.00. The molecule has 1 saturated heterocycles. The number of likely N-dealkylation sites (tertiary alicyclic amines) is 1. The number of amides is 1. The van der Waals surface area contributed by atoms with Crippen LogP contribution >= 0.6 is 11.8 Å². The molecule has 22 heavy (non-hydrogen) atoms. The number of carbonyl (C=O) groups is 1. The molecule has 0 saturated carbocycles. The van der Waals surface area contributed by atoms with E-state index in [9.17, 15) is 4.79 Å². The molecule has 1 aromatic rings. The van der Waals surface area contributed by atoms with Crippen LogP contribution in [0, 0.1) is 11.8 Å². The predicted octanol–water partition coefficient (Wildman–Crippen LogP) is 3.32. The largest absolute Gasteiger partial charge is 0.337 e. The van der Waals surface area contributed by atoms with Gasteiger partial charge in [0.15, 0.2) is 0 Å². The summed E-state index contributed by atoms with van der Waals surface area (Å²) in [5.74, 6) is 2.51. The number of aromatic nitrogens is 2. The number of piperidine rings is 1. The van der Waals surface area contributed by atoms with Gasteiger partial charge in [-0.05, 0) is 56.1 Å². The van der Waals surface area contributed by atoms with Gasteiger partial charge in [-0.15, -0.1) is 0 Å². The zero-order valence-corrected chi connectivity index (χ0v) is 15.2. The molecule has 1 aromatic heterocycles. The Morgan fingerprint density at radius 1 is 1.50 bits per heavy atom. The van der Waals surface area contributed by atoms with E-state index in [2.05, 4.69) is 32.1 Å². The maximum absolute atomic E-state index is 12.9.